The predicted molar refractivity (Wildman–Crippen MR) is 105 cm³/mol. The summed E-state index contributed by atoms with van der Waals surface area (Å²) in [5.41, 5.74) is 1.28. The quantitative estimate of drug-likeness (QED) is 0.483. The number of nitrogens with one attached hydrogen (secondary N) is 2. The number of imidazole rings is 1. The Hall–Kier alpha value is -3.02. The van der Waals surface area contributed by atoms with E-state index in [2.05, 4.69) is 66.4 Å². The van der Waals surface area contributed by atoms with E-state index >= 15 is 0 Å². The Balaban J connectivity index is 1.43. The third kappa shape index (κ3) is 5.24. The fourth-order valence-corrected chi connectivity index (χ4v) is 2.83. The largest absolute Gasteiger partial charge is 0.356 e. The summed E-state index contributed by atoms with van der Waals surface area (Å²) in [6.45, 7) is 3.38. The van der Waals surface area contributed by atoms with E-state index in [4.69, 9.17) is 0 Å². The van der Waals surface area contributed by atoms with Gasteiger partial charge in [-0.15, -0.1) is 0 Å². The van der Waals surface area contributed by atoms with Crippen molar-refractivity contribution in [2.24, 2.45) is 4.99 Å². The lowest BCUT2D eigenvalue weighted by Crippen LogP contribution is -2.39. The highest BCUT2D eigenvalue weighted by Crippen LogP contribution is 2.05. The maximum Gasteiger partial charge on any atom is 0.191 e. The van der Waals surface area contributed by atoms with Crippen LogP contribution in [0.2, 0.25) is 0 Å². The zero-order chi connectivity index (χ0) is 18.0. The average Bonchev–Trinajstić information content (AvgIpc) is 3.34. The molecule has 2 N–H and O–H groups in total. The topological polar surface area (TPSA) is 59.2 Å². The van der Waals surface area contributed by atoms with E-state index in [1.54, 1.807) is 7.05 Å². The van der Waals surface area contributed by atoms with Crippen LogP contribution < -0.4 is 10.6 Å². The number of guanidine groups is 1. The number of benzene rings is 1. The highest BCUT2D eigenvalue weighted by atomic mass is 15.2. The first-order valence-electron chi connectivity index (χ1n) is 8.94. The van der Waals surface area contributed by atoms with Crippen LogP contribution in [0.15, 0.2) is 72.2 Å². The summed E-state index contributed by atoms with van der Waals surface area (Å²) in [6, 6.07) is 14.5. The summed E-state index contributed by atoms with van der Waals surface area (Å²) in [7, 11) is 1.79. The normalized spacial score (nSPS) is 11.5. The van der Waals surface area contributed by atoms with Gasteiger partial charge in [0.2, 0.25) is 0 Å². The molecule has 6 nitrogen and oxygen atoms in total. The molecule has 0 saturated heterocycles. The molecular weight excluding hydrogens is 324 g/mol. The lowest BCUT2D eigenvalue weighted by molar-refractivity contribution is 0.658. The molecule has 0 atom stereocenters. The van der Waals surface area contributed by atoms with Gasteiger partial charge in [-0.3, -0.25) is 4.99 Å². The van der Waals surface area contributed by atoms with Crippen LogP contribution in [0.4, 0.5) is 0 Å². The highest BCUT2D eigenvalue weighted by molar-refractivity contribution is 5.79. The zero-order valence-corrected chi connectivity index (χ0v) is 15.2. The van der Waals surface area contributed by atoms with E-state index in [1.807, 2.05) is 30.6 Å². The van der Waals surface area contributed by atoms with Gasteiger partial charge in [-0.25, -0.2) is 4.98 Å². The second-order valence-electron chi connectivity index (χ2n) is 6.05. The van der Waals surface area contributed by atoms with E-state index in [9.17, 15) is 0 Å². The van der Waals surface area contributed by atoms with Crippen molar-refractivity contribution in [3.63, 3.8) is 0 Å². The maximum absolute atomic E-state index is 4.49. The van der Waals surface area contributed by atoms with Gasteiger partial charge >= 0.3 is 0 Å². The molecule has 0 aliphatic rings. The second-order valence-corrected chi connectivity index (χ2v) is 6.05. The van der Waals surface area contributed by atoms with Gasteiger partial charge in [-0.2, -0.15) is 0 Å². The summed E-state index contributed by atoms with van der Waals surface area (Å²) in [6.07, 6.45) is 8.86. The average molecular weight is 350 g/mol. The first-order valence-corrected chi connectivity index (χ1v) is 8.94. The molecule has 0 bridgehead atoms. The third-order valence-corrected chi connectivity index (χ3v) is 4.19. The van der Waals surface area contributed by atoms with Gasteiger partial charge in [0.1, 0.15) is 5.82 Å². The van der Waals surface area contributed by atoms with Crippen LogP contribution in [0.3, 0.4) is 0 Å². The van der Waals surface area contributed by atoms with E-state index in [-0.39, 0.29) is 0 Å². The number of aliphatic imine (C=N–C) groups is 1. The Morgan fingerprint density at radius 2 is 1.77 bits per heavy atom. The van der Waals surface area contributed by atoms with Gasteiger partial charge in [0.15, 0.2) is 5.96 Å². The predicted octanol–water partition coefficient (Wildman–Crippen LogP) is 2.14. The van der Waals surface area contributed by atoms with Crippen molar-refractivity contribution >= 4 is 5.96 Å². The fourth-order valence-electron chi connectivity index (χ4n) is 2.83. The molecule has 0 unspecified atom stereocenters. The van der Waals surface area contributed by atoms with E-state index in [0.717, 1.165) is 44.4 Å². The van der Waals surface area contributed by atoms with Gasteiger partial charge in [0.25, 0.3) is 0 Å². The van der Waals surface area contributed by atoms with Crippen molar-refractivity contribution in [1.29, 1.82) is 0 Å². The summed E-state index contributed by atoms with van der Waals surface area (Å²) < 4.78 is 4.33. The molecule has 136 valence electrons. The first-order chi connectivity index (χ1) is 12.8. The third-order valence-electron chi connectivity index (χ3n) is 4.19. The smallest absolute Gasteiger partial charge is 0.191 e. The van der Waals surface area contributed by atoms with Gasteiger partial charge in [-0.1, -0.05) is 30.3 Å². The number of nitrogens with zero attached hydrogens (tertiary/aromatic N) is 4. The van der Waals surface area contributed by atoms with Gasteiger partial charge < -0.3 is 19.8 Å². The zero-order valence-electron chi connectivity index (χ0n) is 15.2. The minimum atomic E-state index is 0.787. The standard InChI is InChI=1S/C20H26N6/c1-21-20(24-11-15-25-13-5-6-14-25)23-10-9-19-22-12-16-26(19)17-18-7-3-2-4-8-18/h2-8,12-14,16H,9-11,15,17H2,1H3,(H2,21,23,24). The van der Waals surface area contributed by atoms with Crippen LogP contribution in [0, 0.1) is 0 Å². The molecule has 2 aromatic heterocycles. The van der Waals surface area contributed by atoms with Gasteiger partial charge in [-0.05, 0) is 17.7 Å². The van der Waals surface area contributed by atoms with Crippen molar-refractivity contribution in [3.05, 3.63) is 78.6 Å². The molecule has 26 heavy (non-hydrogen) atoms. The number of aromatic nitrogens is 3. The van der Waals surface area contributed by atoms with Gasteiger partial charge in [0, 0.05) is 64.4 Å². The number of hydrogen-bond donors (Lipinski definition) is 2. The summed E-state index contributed by atoms with van der Waals surface area (Å²) >= 11 is 0. The van der Waals surface area contributed by atoms with Crippen LogP contribution in [0.1, 0.15) is 11.4 Å². The van der Waals surface area contributed by atoms with E-state index in [0.29, 0.717) is 0 Å². The Morgan fingerprint density at radius 1 is 1.00 bits per heavy atom. The lowest BCUT2D eigenvalue weighted by Gasteiger charge is -2.13. The van der Waals surface area contributed by atoms with Gasteiger partial charge in [0.05, 0.1) is 0 Å². The summed E-state index contributed by atoms with van der Waals surface area (Å²) in [5.74, 6) is 1.89. The molecule has 2 heterocycles. The van der Waals surface area contributed by atoms with Crippen molar-refractivity contribution in [1.82, 2.24) is 24.8 Å². The van der Waals surface area contributed by atoms with Crippen LogP contribution in [0.5, 0.6) is 0 Å². The molecule has 3 aromatic rings. The van der Waals surface area contributed by atoms with Crippen molar-refractivity contribution in [3.8, 4) is 0 Å². The van der Waals surface area contributed by atoms with Crippen LogP contribution in [0.25, 0.3) is 0 Å². The Morgan fingerprint density at radius 3 is 2.54 bits per heavy atom. The molecule has 0 aliphatic heterocycles. The summed E-state index contributed by atoms with van der Waals surface area (Å²) in [4.78, 5) is 8.76. The lowest BCUT2D eigenvalue weighted by atomic mass is 10.2. The van der Waals surface area contributed by atoms with Crippen molar-refractivity contribution in [2.45, 2.75) is 19.5 Å². The SMILES string of the molecule is CN=C(NCCc1nccn1Cc1ccccc1)NCCn1cccc1. The van der Waals surface area contributed by atoms with Crippen molar-refractivity contribution < 1.29 is 0 Å². The first kappa shape index (κ1) is 17.8. The Labute approximate surface area is 154 Å². The molecule has 3 rings (SSSR count). The number of hydrogen-bond acceptors (Lipinski definition) is 2. The molecule has 6 heteroatoms. The van der Waals surface area contributed by atoms with Crippen LogP contribution >= 0.6 is 0 Å². The maximum atomic E-state index is 4.49. The Bertz CT molecular complexity index is 789. The van der Waals surface area contributed by atoms with E-state index in [1.165, 1.54) is 5.56 Å². The molecule has 0 radical (unpaired) electrons. The molecule has 0 amide bonds. The minimum Gasteiger partial charge on any atom is -0.356 e. The number of rotatable bonds is 8. The van der Waals surface area contributed by atoms with Crippen LogP contribution in [-0.2, 0) is 19.5 Å². The molecule has 0 spiro atoms. The molecule has 0 aliphatic carbocycles. The minimum absolute atomic E-state index is 0.787. The van der Waals surface area contributed by atoms with Crippen LogP contribution in [-0.4, -0.2) is 40.2 Å². The molecular formula is C20H26N6. The Kier molecular flexibility index (Phi) is 6.47. The second kappa shape index (κ2) is 9.46. The van der Waals surface area contributed by atoms with E-state index < -0.39 is 0 Å². The monoisotopic (exact) mass is 350 g/mol. The molecule has 0 fully saturated rings. The highest BCUT2D eigenvalue weighted by Gasteiger charge is 2.04. The van der Waals surface area contributed by atoms with Crippen molar-refractivity contribution in [2.75, 3.05) is 20.1 Å². The fraction of sp³-hybridized carbons (Fsp3) is 0.300. The summed E-state index contributed by atoms with van der Waals surface area (Å²) in [5, 5.41) is 6.69. The molecule has 0 saturated carbocycles. The molecule has 1 aromatic carbocycles.